The molecule has 1 atom stereocenters. The molecule has 1 aliphatic rings. The first kappa shape index (κ1) is 16.4. The lowest BCUT2D eigenvalue weighted by atomic mass is 10.1. The van der Waals surface area contributed by atoms with Gasteiger partial charge in [0.1, 0.15) is 12.2 Å². The van der Waals surface area contributed by atoms with Crippen LogP contribution in [0.1, 0.15) is 23.0 Å². The van der Waals surface area contributed by atoms with Crippen molar-refractivity contribution >= 4 is 28.4 Å². The minimum Gasteiger partial charge on any atom is -0.351 e. The first-order valence-corrected chi connectivity index (χ1v) is 8.78. The van der Waals surface area contributed by atoms with Gasteiger partial charge < -0.3 is 14.8 Å². The number of piperazine rings is 1. The van der Waals surface area contributed by atoms with Crippen LogP contribution in [-0.4, -0.2) is 40.8 Å². The highest BCUT2D eigenvalue weighted by atomic mass is 16.2. The molecule has 0 spiro atoms. The van der Waals surface area contributed by atoms with E-state index in [1.807, 2.05) is 68.4 Å². The van der Waals surface area contributed by atoms with Gasteiger partial charge in [0.25, 0.3) is 5.91 Å². The van der Waals surface area contributed by atoms with Crippen LogP contribution in [0.5, 0.6) is 0 Å². The monoisotopic (exact) mass is 347 g/mol. The largest absolute Gasteiger partial charge is 0.351 e. The first-order chi connectivity index (χ1) is 12.5. The maximum atomic E-state index is 12.9. The number of benzene rings is 2. The van der Waals surface area contributed by atoms with Crippen molar-refractivity contribution in [3.8, 4) is 0 Å². The summed E-state index contributed by atoms with van der Waals surface area (Å²) in [6.45, 7) is 4.58. The zero-order chi connectivity index (χ0) is 18.3. The second-order valence-electron chi connectivity index (χ2n) is 6.89. The van der Waals surface area contributed by atoms with Crippen molar-refractivity contribution in [1.29, 1.82) is 0 Å². The summed E-state index contributed by atoms with van der Waals surface area (Å²) >= 11 is 0. The summed E-state index contributed by atoms with van der Waals surface area (Å²) < 4.78 is 0. The third-order valence-electron chi connectivity index (χ3n) is 4.95. The van der Waals surface area contributed by atoms with Crippen molar-refractivity contribution in [2.45, 2.75) is 19.9 Å². The number of hydrogen-bond acceptors (Lipinski definition) is 2. The topological polar surface area (TPSA) is 56.4 Å². The molecule has 1 fully saturated rings. The van der Waals surface area contributed by atoms with Gasteiger partial charge in [0.2, 0.25) is 5.91 Å². The van der Waals surface area contributed by atoms with E-state index in [0.717, 1.165) is 22.2 Å². The highest BCUT2D eigenvalue weighted by Crippen LogP contribution is 2.23. The van der Waals surface area contributed by atoms with Crippen molar-refractivity contribution < 1.29 is 9.59 Å². The third-order valence-corrected chi connectivity index (χ3v) is 4.95. The van der Waals surface area contributed by atoms with Gasteiger partial charge in [-0.15, -0.1) is 0 Å². The second kappa shape index (κ2) is 6.33. The lowest BCUT2D eigenvalue weighted by molar-refractivity contribution is -0.121. The fraction of sp³-hybridized carbons (Fsp3) is 0.238. The average Bonchev–Trinajstić information content (AvgIpc) is 3.08. The molecule has 0 aliphatic carbocycles. The van der Waals surface area contributed by atoms with Crippen LogP contribution in [0.2, 0.25) is 0 Å². The van der Waals surface area contributed by atoms with Gasteiger partial charge in [0, 0.05) is 29.2 Å². The van der Waals surface area contributed by atoms with E-state index < -0.39 is 0 Å². The molecule has 0 saturated carbocycles. The molecule has 4 rings (SSSR count). The first-order valence-electron chi connectivity index (χ1n) is 8.78. The van der Waals surface area contributed by atoms with Gasteiger partial charge in [-0.2, -0.15) is 0 Å². The molecule has 2 amide bonds. The molecule has 3 aromatic rings. The van der Waals surface area contributed by atoms with Crippen LogP contribution in [-0.2, 0) is 4.79 Å². The summed E-state index contributed by atoms with van der Waals surface area (Å²) in [5, 5.41) is 0.994. The van der Waals surface area contributed by atoms with E-state index in [2.05, 4.69) is 4.98 Å². The molecule has 26 heavy (non-hydrogen) atoms. The highest BCUT2D eigenvalue weighted by molar-refractivity contribution is 6.03. The summed E-state index contributed by atoms with van der Waals surface area (Å²) in [4.78, 5) is 32.2. The number of aromatic nitrogens is 1. The number of para-hydroxylation sites is 1. The Morgan fingerprint density at radius 3 is 2.58 bits per heavy atom. The van der Waals surface area contributed by atoms with Gasteiger partial charge in [-0.25, -0.2) is 0 Å². The van der Waals surface area contributed by atoms with Crippen LogP contribution < -0.4 is 4.90 Å². The van der Waals surface area contributed by atoms with Crippen molar-refractivity contribution in [3.63, 3.8) is 0 Å². The smallest absolute Gasteiger partial charge is 0.271 e. The molecular weight excluding hydrogens is 326 g/mol. The number of aryl methyl sites for hydroxylation is 1. The molecule has 1 saturated heterocycles. The number of amides is 2. The molecule has 2 aromatic carbocycles. The zero-order valence-electron chi connectivity index (χ0n) is 14.9. The summed E-state index contributed by atoms with van der Waals surface area (Å²) in [6, 6.07) is 17.5. The van der Waals surface area contributed by atoms with Crippen LogP contribution in [0.15, 0.2) is 54.6 Å². The maximum absolute atomic E-state index is 12.9. The number of nitrogens with one attached hydrogen (secondary N) is 1. The zero-order valence-corrected chi connectivity index (χ0v) is 14.9. The van der Waals surface area contributed by atoms with E-state index in [0.29, 0.717) is 12.2 Å². The molecule has 1 aliphatic heterocycles. The fourth-order valence-electron chi connectivity index (χ4n) is 3.44. The fourth-order valence-corrected chi connectivity index (χ4v) is 3.44. The Bertz CT molecular complexity index is 941. The van der Waals surface area contributed by atoms with Crippen molar-refractivity contribution in [1.82, 2.24) is 9.88 Å². The predicted octanol–water partition coefficient (Wildman–Crippen LogP) is 3.35. The molecule has 1 N–H and O–H groups in total. The summed E-state index contributed by atoms with van der Waals surface area (Å²) in [7, 11) is 0. The summed E-state index contributed by atoms with van der Waals surface area (Å²) in [5.41, 5.74) is 3.48. The standard InChI is InChI=1S/C21H21N3O2/c1-14-7-9-17(10-8-14)24-12-15(2)23(13-20(24)25)21(26)19-11-16-5-3-4-6-18(16)22-19/h3-11,15,22H,12-13H2,1-2H3/t15-/m0/s1. The maximum Gasteiger partial charge on any atom is 0.271 e. The molecule has 0 bridgehead atoms. The van der Waals surface area contributed by atoms with E-state index in [-0.39, 0.29) is 24.4 Å². The molecule has 5 nitrogen and oxygen atoms in total. The number of aromatic amines is 1. The number of fused-ring (bicyclic) bond motifs is 1. The number of anilines is 1. The SMILES string of the molecule is Cc1ccc(N2C[C@H](C)N(C(=O)c3cc4ccccc4[nH]3)CC2=O)cc1. The van der Waals surface area contributed by atoms with E-state index >= 15 is 0 Å². The normalized spacial score (nSPS) is 17.8. The molecule has 5 heteroatoms. The Labute approximate surface area is 152 Å². The Hall–Kier alpha value is -3.08. The number of nitrogens with zero attached hydrogens (tertiary/aromatic N) is 2. The van der Waals surface area contributed by atoms with Gasteiger partial charge in [0.05, 0.1) is 0 Å². The summed E-state index contributed by atoms with van der Waals surface area (Å²) in [5.74, 6) is -0.193. The third kappa shape index (κ3) is 2.86. The molecule has 132 valence electrons. The van der Waals surface area contributed by atoms with Crippen molar-refractivity contribution in [2.24, 2.45) is 0 Å². The van der Waals surface area contributed by atoms with Crippen LogP contribution in [0.25, 0.3) is 10.9 Å². The van der Waals surface area contributed by atoms with Crippen LogP contribution >= 0.6 is 0 Å². The molecule has 1 aromatic heterocycles. The van der Waals surface area contributed by atoms with Crippen molar-refractivity contribution in [2.75, 3.05) is 18.0 Å². The van der Waals surface area contributed by atoms with Crippen molar-refractivity contribution in [3.05, 3.63) is 65.9 Å². The van der Waals surface area contributed by atoms with Gasteiger partial charge in [-0.05, 0) is 38.1 Å². The van der Waals surface area contributed by atoms with Crippen LogP contribution in [0.3, 0.4) is 0 Å². The Morgan fingerprint density at radius 2 is 1.85 bits per heavy atom. The number of H-pyrrole nitrogens is 1. The second-order valence-corrected chi connectivity index (χ2v) is 6.89. The quantitative estimate of drug-likeness (QED) is 0.773. The Morgan fingerprint density at radius 1 is 1.12 bits per heavy atom. The molecule has 2 heterocycles. The highest BCUT2D eigenvalue weighted by Gasteiger charge is 2.34. The molecular formula is C21H21N3O2. The molecule has 0 unspecified atom stereocenters. The lowest BCUT2D eigenvalue weighted by Gasteiger charge is -2.39. The lowest BCUT2D eigenvalue weighted by Crippen LogP contribution is -2.57. The number of hydrogen-bond donors (Lipinski definition) is 1. The molecule has 0 radical (unpaired) electrons. The van der Waals surface area contributed by atoms with Gasteiger partial charge in [0.15, 0.2) is 0 Å². The Balaban J connectivity index is 1.56. The Kier molecular flexibility index (Phi) is 3.99. The van der Waals surface area contributed by atoms with Crippen LogP contribution in [0.4, 0.5) is 5.69 Å². The van der Waals surface area contributed by atoms with Gasteiger partial charge in [-0.3, -0.25) is 9.59 Å². The average molecular weight is 347 g/mol. The van der Waals surface area contributed by atoms with E-state index in [1.54, 1.807) is 9.80 Å². The van der Waals surface area contributed by atoms with Crippen LogP contribution in [0, 0.1) is 6.92 Å². The van der Waals surface area contributed by atoms with Gasteiger partial charge in [-0.1, -0.05) is 35.9 Å². The summed E-state index contributed by atoms with van der Waals surface area (Å²) in [6.07, 6.45) is 0. The minimum atomic E-state index is -0.134. The number of carbonyl (C=O) groups excluding carboxylic acids is 2. The van der Waals surface area contributed by atoms with Gasteiger partial charge >= 0.3 is 0 Å². The van der Waals surface area contributed by atoms with E-state index in [9.17, 15) is 9.59 Å². The van der Waals surface area contributed by atoms with E-state index in [1.165, 1.54) is 0 Å². The number of rotatable bonds is 2. The predicted molar refractivity (Wildman–Crippen MR) is 102 cm³/mol. The number of carbonyl (C=O) groups is 2. The minimum absolute atomic E-state index is 0.0589. The van der Waals surface area contributed by atoms with E-state index in [4.69, 9.17) is 0 Å².